The molecule has 2 saturated heterocycles. The number of hydrogen-bond donors (Lipinski definition) is 3. The van der Waals surface area contributed by atoms with Crippen LogP contribution in [0.15, 0.2) is 18.3 Å². The monoisotopic (exact) mass is 517 g/mol. The van der Waals surface area contributed by atoms with Gasteiger partial charge in [-0.3, -0.25) is 10.1 Å². The van der Waals surface area contributed by atoms with Crippen molar-refractivity contribution in [2.75, 3.05) is 42.2 Å². The Balaban J connectivity index is 1.32. The average Bonchev–Trinajstić information content (AvgIpc) is 3.57. The van der Waals surface area contributed by atoms with Crippen molar-refractivity contribution >= 4 is 52.1 Å². The van der Waals surface area contributed by atoms with E-state index in [-0.39, 0.29) is 23.3 Å². The van der Waals surface area contributed by atoms with Gasteiger partial charge in [-0.15, -0.1) is 4.52 Å². The molecule has 3 N–H and O–H groups in total. The maximum atomic E-state index is 12.1. The van der Waals surface area contributed by atoms with Crippen molar-refractivity contribution in [2.45, 2.75) is 37.4 Å². The number of likely N-dealkylation sites (N-methyl/N-ethyl adjacent to an activating group) is 1. The molecule has 188 valence electrons. The quantitative estimate of drug-likeness (QED) is 0.437. The summed E-state index contributed by atoms with van der Waals surface area (Å²) in [6, 6.07) is 5.97. The van der Waals surface area contributed by atoms with Crippen molar-refractivity contribution in [1.82, 2.24) is 29.8 Å². The molecule has 12 nitrogen and oxygen atoms in total. The van der Waals surface area contributed by atoms with Gasteiger partial charge in [-0.25, -0.2) is 4.98 Å². The van der Waals surface area contributed by atoms with Crippen LogP contribution in [-0.2, 0) is 4.79 Å². The predicted octanol–water partition coefficient (Wildman–Crippen LogP) is 2.88. The number of piperidine rings is 1. The topological polar surface area (TPSA) is 131 Å². The van der Waals surface area contributed by atoms with Crippen molar-refractivity contribution in [3.05, 3.63) is 40.3 Å². The van der Waals surface area contributed by atoms with E-state index in [1.807, 2.05) is 7.05 Å². The van der Waals surface area contributed by atoms with Gasteiger partial charge in [0.25, 0.3) is 17.4 Å². The van der Waals surface area contributed by atoms with E-state index in [1.165, 1.54) is 10.7 Å². The summed E-state index contributed by atoms with van der Waals surface area (Å²) in [5.74, 6) is 1.13. The van der Waals surface area contributed by atoms with Crippen LogP contribution in [0.4, 0.5) is 29.0 Å². The summed E-state index contributed by atoms with van der Waals surface area (Å²) >= 11 is 6.88. The standard InChI is InChI=1S/C24H24ClN11O/c1-27-18-12-28-22-21(30-15-3-4-15)32-23(33-36(18)22)31-16-9-14(11-26)10-17(20(16)25)35-7-5-24(6-8-35)29-13-19(37)34(24)2/h9-10,12,15,29H,3-8,13H2,2H3,(H2,30,31,32,33). The summed E-state index contributed by atoms with van der Waals surface area (Å²) in [4.78, 5) is 28.4. The van der Waals surface area contributed by atoms with Gasteiger partial charge >= 0.3 is 0 Å². The van der Waals surface area contributed by atoms with E-state index in [0.717, 1.165) is 31.4 Å². The van der Waals surface area contributed by atoms with Crippen molar-refractivity contribution in [2.24, 2.45) is 0 Å². The number of hydrogen-bond acceptors (Lipinski definition) is 9. The lowest BCUT2D eigenvalue weighted by Gasteiger charge is -2.44. The van der Waals surface area contributed by atoms with Crippen LogP contribution in [0, 0.1) is 17.9 Å². The van der Waals surface area contributed by atoms with Crippen LogP contribution in [0.3, 0.4) is 0 Å². The molecule has 13 heteroatoms. The lowest BCUT2D eigenvalue weighted by molar-refractivity contribution is -0.129. The van der Waals surface area contributed by atoms with E-state index in [9.17, 15) is 10.1 Å². The van der Waals surface area contributed by atoms with Gasteiger partial charge in [0.05, 0.1) is 46.4 Å². The zero-order chi connectivity index (χ0) is 25.7. The molecule has 3 fully saturated rings. The number of nitrogens with one attached hydrogen (secondary N) is 3. The van der Waals surface area contributed by atoms with E-state index in [2.05, 4.69) is 46.8 Å². The number of halogens is 1. The minimum atomic E-state index is -0.340. The van der Waals surface area contributed by atoms with Gasteiger partial charge in [0, 0.05) is 39.0 Å². The number of carbonyl (C=O) groups excluding carboxylic acids is 1. The first-order chi connectivity index (χ1) is 17.9. The Morgan fingerprint density at radius 3 is 2.76 bits per heavy atom. The van der Waals surface area contributed by atoms with Crippen LogP contribution >= 0.6 is 11.6 Å². The van der Waals surface area contributed by atoms with Gasteiger partial charge in [-0.2, -0.15) is 10.2 Å². The zero-order valence-electron chi connectivity index (χ0n) is 20.1. The van der Waals surface area contributed by atoms with Crippen molar-refractivity contribution < 1.29 is 4.79 Å². The molecule has 2 aliphatic heterocycles. The van der Waals surface area contributed by atoms with Crippen molar-refractivity contribution in [3.63, 3.8) is 0 Å². The number of fused-ring (bicyclic) bond motifs is 1. The highest BCUT2D eigenvalue weighted by molar-refractivity contribution is 6.36. The molecule has 0 atom stereocenters. The Morgan fingerprint density at radius 1 is 1.32 bits per heavy atom. The first-order valence-electron chi connectivity index (χ1n) is 12.1. The van der Waals surface area contributed by atoms with Gasteiger partial charge in [0.2, 0.25) is 5.91 Å². The molecular weight excluding hydrogens is 494 g/mol. The van der Waals surface area contributed by atoms with Crippen LogP contribution in [-0.4, -0.2) is 68.8 Å². The number of rotatable bonds is 5. The minimum absolute atomic E-state index is 0.0937. The third kappa shape index (κ3) is 4.04. The van der Waals surface area contributed by atoms with Crippen LogP contribution in [0.2, 0.25) is 5.02 Å². The first-order valence-corrected chi connectivity index (χ1v) is 12.5. The molecule has 0 unspecified atom stereocenters. The molecule has 2 aromatic heterocycles. The maximum absolute atomic E-state index is 12.1. The Morgan fingerprint density at radius 2 is 2.11 bits per heavy atom. The molecule has 1 saturated carbocycles. The van der Waals surface area contributed by atoms with Crippen molar-refractivity contribution in [1.29, 1.82) is 5.26 Å². The lowest BCUT2D eigenvalue weighted by Crippen LogP contribution is -2.57. The molecule has 1 aliphatic carbocycles. The maximum Gasteiger partial charge on any atom is 0.275 e. The summed E-state index contributed by atoms with van der Waals surface area (Å²) in [7, 11) is 1.84. The van der Waals surface area contributed by atoms with Gasteiger partial charge < -0.3 is 25.3 Å². The third-order valence-electron chi connectivity index (χ3n) is 7.32. The second kappa shape index (κ2) is 8.76. The molecule has 37 heavy (non-hydrogen) atoms. The number of amides is 1. The van der Waals surface area contributed by atoms with Gasteiger partial charge in [-0.1, -0.05) is 23.3 Å². The van der Waals surface area contributed by atoms with E-state index in [0.29, 0.717) is 53.4 Å². The molecule has 3 aromatic rings. The molecule has 3 aliphatic rings. The fraction of sp³-hybridized carbons (Fsp3) is 0.417. The number of carbonyl (C=O) groups is 1. The molecule has 0 bridgehead atoms. The smallest absolute Gasteiger partial charge is 0.275 e. The fourth-order valence-electron chi connectivity index (χ4n) is 4.98. The number of benzene rings is 1. The molecule has 6 rings (SSSR count). The average molecular weight is 518 g/mol. The SMILES string of the molecule is [C-]#[N+]c1cnc2c(NC3CC3)nc(Nc3cc(C#N)cc(N4CCC5(CC4)NCC(=O)N5C)c3Cl)nn12. The predicted molar refractivity (Wildman–Crippen MR) is 138 cm³/mol. The Bertz CT molecular complexity index is 1490. The number of anilines is 4. The van der Waals surface area contributed by atoms with E-state index in [4.69, 9.17) is 18.2 Å². The summed E-state index contributed by atoms with van der Waals surface area (Å²) < 4.78 is 1.45. The van der Waals surface area contributed by atoms with E-state index in [1.54, 1.807) is 17.0 Å². The second-order valence-corrected chi connectivity index (χ2v) is 9.96. The minimum Gasteiger partial charge on any atom is -0.370 e. The molecule has 1 amide bonds. The molecular formula is C24H24ClN11O. The number of nitrogens with zero attached hydrogens (tertiary/aromatic N) is 8. The summed E-state index contributed by atoms with van der Waals surface area (Å²) in [6.45, 7) is 9.13. The zero-order valence-corrected chi connectivity index (χ0v) is 20.9. The highest BCUT2D eigenvalue weighted by Gasteiger charge is 2.45. The van der Waals surface area contributed by atoms with E-state index < -0.39 is 0 Å². The third-order valence-corrected chi connectivity index (χ3v) is 7.72. The van der Waals surface area contributed by atoms with Crippen LogP contribution < -0.4 is 20.9 Å². The Hall–Kier alpha value is -4.13. The number of aromatic nitrogens is 4. The van der Waals surface area contributed by atoms with E-state index >= 15 is 0 Å². The highest BCUT2D eigenvalue weighted by atomic mass is 35.5. The first kappa shape index (κ1) is 23.3. The van der Waals surface area contributed by atoms with Crippen LogP contribution in [0.25, 0.3) is 10.5 Å². The summed E-state index contributed by atoms with van der Waals surface area (Å²) in [6.07, 6.45) is 5.03. The second-order valence-electron chi connectivity index (χ2n) is 9.58. The normalized spacial score (nSPS) is 18.8. The fourth-order valence-corrected chi connectivity index (χ4v) is 5.25. The van der Waals surface area contributed by atoms with Crippen LogP contribution in [0.5, 0.6) is 0 Å². The van der Waals surface area contributed by atoms with Gasteiger partial charge in [-0.05, 0) is 25.0 Å². The Kier molecular flexibility index (Phi) is 5.51. The lowest BCUT2D eigenvalue weighted by atomic mass is 9.95. The molecule has 1 spiro atoms. The molecule has 1 aromatic carbocycles. The summed E-state index contributed by atoms with van der Waals surface area (Å²) in [5.41, 5.74) is 1.80. The number of nitriles is 1. The van der Waals surface area contributed by atoms with Gasteiger partial charge in [0.15, 0.2) is 5.82 Å². The molecule has 0 radical (unpaired) electrons. The largest absolute Gasteiger partial charge is 0.370 e. The van der Waals surface area contributed by atoms with Crippen LogP contribution in [0.1, 0.15) is 31.2 Å². The van der Waals surface area contributed by atoms with Gasteiger partial charge in [0.1, 0.15) is 0 Å². The Labute approximate surface area is 218 Å². The highest BCUT2D eigenvalue weighted by Crippen LogP contribution is 2.39. The number of imidazole rings is 1. The molecule has 4 heterocycles. The van der Waals surface area contributed by atoms with Crippen molar-refractivity contribution in [3.8, 4) is 6.07 Å². The summed E-state index contributed by atoms with van der Waals surface area (Å²) in [5, 5.41) is 24.5.